The van der Waals surface area contributed by atoms with Gasteiger partial charge in [0.15, 0.2) is 0 Å². The number of anilines is 1. The number of aliphatic hydroxyl groups is 1. The quantitative estimate of drug-likeness (QED) is 0.836. The van der Waals surface area contributed by atoms with Gasteiger partial charge in [0, 0.05) is 13.1 Å². The van der Waals surface area contributed by atoms with E-state index in [-0.39, 0.29) is 18.3 Å². The number of carboxylic acid groups (broad SMARTS) is 1. The molecule has 0 amide bonds. The standard InChI is InChI=1S/C13H17FN2O4/c14-9-7-11(13(18)19)12(15-8-9)16-3-1-10(2-4-16)20-6-5-17/h7-8,10,17H,1-6H2,(H,18,19). The second-order valence-corrected chi connectivity index (χ2v) is 4.61. The topological polar surface area (TPSA) is 82.9 Å². The number of pyridine rings is 1. The van der Waals surface area contributed by atoms with Crippen LogP contribution in [-0.4, -0.2) is 53.6 Å². The number of carboxylic acids is 1. The van der Waals surface area contributed by atoms with Gasteiger partial charge in [0.2, 0.25) is 0 Å². The second-order valence-electron chi connectivity index (χ2n) is 4.61. The van der Waals surface area contributed by atoms with Crippen molar-refractivity contribution in [2.75, 3.05) is 31.2 Å². The fourth-order valence-electron chi connectivity index (χ4n) is 2.30. The maximum atomic E-state index is 13.1. The summed E-state index contributed by atoms with van der Waals surface area (Å²) in [5, 5.41) is 17.8. The third kappa shape index (κ3) is 3.43. The molecule has 1 aliphatic heterocycles. The van der Waals surface area contributed by atoms with Crippen molar-refractivity contribution in [3.63, 3.8) is 0 Å². The smallest absolute Gasteiger partial charge is 0.339 e. The fraction of sp³-hybridized carbons (Fsp3) is 0.538. The summed E-state index contributed by atoms with van der Waals surface area (Å²) in [6.45, 7) is 1.48. The highest BCUT2D eigenvalue weighted by molar-refractivity contribution is 5.93. The number of aromatic carboxylic acids is 1. The molecule has 1 aromatic heterocycles. The summed E-state index contributed by atoms with van der Waals surface area (Å²) in [7, 11) is 0. The van der Waals surface area contributed by atoms with Crippen LogP contribution in [0.5, 0.6) is 0 Å². The molecule has 6 nitrogen and oxygen atoms in total. The van der Waals surface area contributed by atoms with Crippen LogP contribution in [0.2, 0.25) is 0 Å². The van der Waals surface area contributed by atoms with Crippen molar-refractivity contribution in [3.8, 4) is 0 Å². The Morgan fingerprint density at radius 3 is 2.80 bits per heavy atom. The predicted molar refractivity (Wildman–Crippen MR) is 69.4 cm³/mol. The lowest BCUT2D eigenvalue weighted by Gasteiger charge is -2.33. The van der Waals surface area contributed by atoms with Gasteiger partial charge in [0.1, 0.15) is 17.2 Å². The highest BCUT2D eigenvalue weighted by Crippen LogP contribution is 2.23. The fourth-order valence-corrected chi connectivity index (χ4v) is 2.30. The summed E-state index contributed by atoms with van der Waals surface area (Å²) in [4.78, 5) is 16.9. The highest BCUT2D eigenvalue weighted by Gasteiger charge is 2.24. The number of ether oxygens (including phenoxy) is 1. The summed E-state index contributed by atoms with van der Waals surface area (Å²) in [6.07, 6.45) is 2.53. The van der Waals surface area contributed by atoms with E-state index >= 15 is 0 Å². The minimum absolute atomic E-state index is 0.0110. The van der Waals surface area contributed by atoms with E-state index in [0.717, 1.165) is 25.1 Å². The molecule has 0 radical (unpaired) electrons. The van der Waals surface area contributed by atoms with E-state index in [9.17, 15) is 9.18 Å². The molecule has 2 rings (SSSR count). The Morgan fingerprint density at radius 2 is 2.20 bits per heavy atom. The van der Waals surface area contributed by atoms with Gasteiger partial charge >= 0.3 is 5.97 Å². The lowest BCUT2D eigenvalue weighted by molar-refractivity contribution is 0.0158. The summed E-state index contributed by atoms with van der Waals surface area (Å²) >= 11 is 0. The number of aliphatic hydroxyl groups excluding tert-OH is 1. The maximum Gasteiger partial charge on any atom is 0.339 e. The Kier molecular flexibility index (Phi) is 4.86. The number of carbonyl (C=O) groups is 1. The first-order valence-corrected chi connectivity index (χ1v) is 6.48. The molecule has 1 aromatic rings. The van der Waals surface area contributed by atoms with Crippen molar-refractivity contribution >= 4 is 11.8 Å². The average Bonchev–Trinajstić information content (AvgIpc) is 2.45. The van der Waals surface area contributed by atoms with Crippen molar-refractivity contribution in [1.82, 2.24) is 4.98 Å². The van der Waals surface area contributed by atoms with Gasteiger partial charge in [0.05, 0.1) is 25.5 Å². The third-order valence-corrected chi connectivity index (χ3v) is 3.25. The number of hydrogen-bond donors (Lipinski definition) is 2. The Hall–Kier alpha value is -1.73. The molecular formula is C13H17FN2O4. The highest BCUT2D eigenvalue weighted by atomic mass is 19.1. The van der Waals surface area contributed by atoms with Crippen LogP contribution in [0.25, 0.3) is 0 Å². The van der Waals surface area contributed by atoms with Crippen molar-refractivity contribution in [1.29, 1.82) is 0 Å². The average molecular weight is 284 g/mol. The summed E-state index contributed by atoms with van der Waals surface area (Å²) in [5.41, 5.74) is -0.125. The van der Waals surface area contributed by atoms with Gasteiger partial charge in [-0.1, -0.05) is 0 Å². The number of piperidine rings is 1. The molecule has 1 aliphatic rings. The third-order valence-electron chi connectivity index (χ3n) is 3.25. The van der Waals surface area contributed by atoms with Gasteiger partial charge in [-0.15, -0.1) is 0 Å². The molecule has 0 aliphatic carbocycles. The van der Waals surface area contributed by atoms with E-state index in [1.165, 1.54) is 0 Å². The molecule has 20 heavy (non-hydrogen) atoms. The van der Waals surface area contributed by atoms with Crippen molar-refractivity contribution in [3.05, 3.63) is 23.6 Å². The van der Waals surface area contributed by atoms with Crippen molar-refractivity contribution < 1.29 is 24.1 Å². The Bertz CT molecular complexity index is 475. The van der Waals surface area contributed by atoms with Crippen LogP contribution in [0.3, 0.4) is 0 Å². The lowest BCUT2D eigenvalue weighted by atomic mass is 10.1. The van der Waals surface area contributed by atoms with Gasteiger partial charge in [-0.3, -0.25) is 0 Å². The van der Waals surface area contributed by atoms with Crippen LogP contribution in [0.4, 0.5) is 10.2 Å². The molecule has 0 saturated carbocycles. The second kappa shape index (κ2) is 6.62. The Morgan fingerprint density at radius 1 is 1.50 bits per heavy atom. The lowest BCUT2D eigenvalue weighted by Crippen LogP contribution is -2.38. The normalized spacial score (nSPS) is 16.4. The first kappa shape index (κ1) is 14.7. The molecule has 2 N–H and O–H groups in total. The number of nitrogens with zero attached hydrogens (tertiary/aromatic N) is 2. The van der Waals surface area contributed by atoms with E-state index in [2.05, 4.69) is 4.98 Å². The van der Waals surface area contributed by atoms with Crippen molar-refractivity contribution in [2.24, 2.45) is 0 Å². The van der Waals surface area contributed by atoms with Gasteiger partial charge in [-0.05, 0) is 18.9 Å². The molecule has 2 heterocycles. The number of halogens is 1. The SMILES string of the molecule is O=C(O)c1cc(F)cnc1N1CCC(OCCO)CC1. The summed E-state index contributed by atoms with van der Waals surface area (Å²) < 4.78 is 18.5. The Labute approximate surface area is 115 Å². The molecule has 0 unspecified atom stereocenters. The van der Waals surface area contributed by atoms with Crippen LogP contribution in [-0.2, 0) is 4.74 Å². The molecule has 7 heteroatoms. The number of rotatable bonds is 5. The number of hydrogen-bond acceptors (Lipinski definition) is 5. The van der Waals surface area contributed by atoms with E-state index in [1.54, 1.807) is 0 Å². The van der Waals surface area contributed by atoms with Crippen molar-refractivity contribution in [2.45, 2.75) is 18.9 Å². The van der Waals surface area contributed by atoms with E-state index in [4.69, 9.17) is 14.9 Å². The summed E-state index contributed by atoms with van der Waals surface area (Å²) in [6, 6.07) is 0.985. The maximum absolute atomic E-state index is 13.1. The van der Waals surface area contributed by atoms with E-state index in [1.807, 2.05) is 4.90 Å². The van der Waals surface area contributed by atoms with E-state index in [0.29, 0.717) is 25.5 Å². The van der Waals surface area contributed by atoms with Crippen LogP contribution in [0.1, 0.15) is 23.2 Å². The van der Waals surface area contributed by atoms with Crippen LogP contribution in [0, 0.1) is 5.82 Å². The molecule has 1 fully saturated rings. The zero-order chi connectivity index (χ0) is 14.5. The Balaban J connectivity index is 2.05. The summed E-state index contributed by atoms with van der Waals surface area (Å²) in [5.74, 6) is -1.56. The molecule has 0 bridgehead atoms. The molecule has 0 atom stereocenters. The monoisotopic (exact) mass is 284 g/mol. The molecule has 110 valence electrons. The minimum atomic E-state index is -1.19. The zero-order valence-corrected chi connectivity index (χ0v) is 11.0. The van der Waals surface area contributed by atoms with Gasteiger partial charge < -0.3 is 19.8 Å². The predicted octanol–water partition coefficient (Wildman–Crippen LogP) is 0.897. The largest absolute Gasteiger partial charge is 0.478 e. The zero-order valence-electron chi connectivity index (χ0n) is 11.0. The van der Waals surface area contributed by atoms with Crippen LogP contribution in [0.15, 0.2) is 12.3 Å². The van der Waals surface area contributed by atoms with Crippen LogP contribution >= 0.6 is 0 Å². The molecular weight excluding hydrogens is 267 g/mol. The molecule has 1 saturated heterocycles. The number of aromatic nitrogens is 1. The first-order chi connectivity index (χ1) is 9.61. The van der Waals surface area contributed by atoms with Gasteiger partial charge in [0.25, 0.3) is 0 Å². The minimum Gasteiger partial charge on any atom is -0.478 e. The van der Waals surface area contributed by atoms with Gasteiger partial charge in [-0.2, -0.15) is 0 Å². The van der Waals surface area contributed by atoms with Gasteiger partial charge in [-0.25, -0.2) is 14.2 Å². The first-order valence-electron chi connectivity index (χ1n) is 6.48. The molecule has 0 aromatic carbocycles. The molecule has 0 spiro atoms. The van der Waals surface area contributed by atoms with Crippen LogP contribution < -0.4 is 4.90 Å². The van der Waals surface area contributed by atoms with E-state index < -0.39 is 11.8 Å².